The van der Waals surface area contributed by atoms with Crippen molar-refractivity contribution in [1.29, 1.82) is 0 Å². The van der Waals surface area contributed by atoms with Crippen LogP contribution in [0.1, 0.15) is 16.7 Å². The molecule has 0 aliphatic heterocycles. The molecule has 25 heavy (non-hydrogen) atoms. The molecule has 2 nitrogen and oxygen atoms in total. The standard InChI is InChI=1S/C21H16N2S2/c24-21(25-14-15-8-2-1-3-9-15)23-22-20-18-12-6-4-10-16(18)17-11-5-7-13-19(17)20/h1-13H,14H2,(H,23,24). The molecule has 3 aromatic rings. The van der Waals surface area contributed by atoms with Crippen LogP contribution < -0.4 is 5.43 Å². The van der Waals surface area contributed by atoms with Crippen LogP contribution in [0, 0.1) is 0 Å². The van der Waals surface area contributed by atoms with E-state index >= 15 is 0 Å². The quantitative estimate of drug-likeness (QED) is 0.400. The van der Waals surface area contributed by atoms with E-state index in [1.807, 2.05) is 30.3 Å². The predicted octanol–water partition coefficient (Wildman–Crippen LogP) is 5.23. The number of fused-ring (bicyclic) bond motifs is 3. The van der Waals surface area contributed by atoms with Gasteiger partial charge in [0.25, 0.3) is 0 Å². The monoisotopic (exact) mass is 360 g/mol. The summed E-state index contributed by atoms with van der Waals surface area (Å²) in [6.45, 7) is 0. The fourth-order valence-corrected chi connectivity index (χ4v) is 3.79. The van der Waals surface area contributed by atoms with Gasteiger partial charge in [0.1, 0.15) is 0 Å². The van der Waals surface area contributed by atoms with Crippen LogP contribution in [0.2, 0.25) is 0 Å². The number of thioether (sulfide) groups is 1. The highest BCUT2D eigenvalue weighted by Crippen LogP contribution is 2.36. The molecule has 1 aliphatic rings. The number of thiocarbonyl (C=S) groups is 1. The van der Waals surface area contributed by atoms with Crippen molar-refractivity contribution in [3.05, 3.63) is 95.6 Å². The van der Waals surface area contributed by atoms with Gasteiger partial charge in [0.2, 0.25) is 0 Å². The van der Waals surface area contributed by atoms with Gasteiger partial charge in [-0.15, -0.1) is 0 Å². The van der Waals surface area contributed by atoms with E-state index < -0.39 is 0 Å². The Labute approximate surface area is 157 Å². The van der Waals surface area contributed by atoms with Gasteiger partial charge < -0.3 is 0 Å². The molecule has 0 heterocycles. The highest BCUT2D eigenvalue weighted by molar-refractivity contribution is 8.22. The van der Waals surface area contributed by atoms with Crippen LogP contribution in [0.15, 0.2) is 84.0 Å². The number of nitrogens with zero attached hydrogens (tertiary/aromatic N) is 1. The summed E-state index contributed by atoms with van der Waals surface area (Å²) in [5, 5.41) is 4.62. The maximum absolute atomic E-state index is 5.43. The molecule has 0 amide bonds. The van der Waals surface area contributed by atoms with Gasteiger partial charge in [0, 0.05) is 16.9 Å². The highest BCUT2D eigenvalue weighted by atomic mass is 32.2. The Hall–Kier alpha value is -2.43. The van der Waals surface area contributed by atoms with E-state index in [4.69, 9.17) is 12.2 Å². The number of nitrogens with one attached hydrogen (secondary N) is 1. The SMILES string of the molecule is S=C(NN=C1c2ccccc2-c2ccccc21)SCc1ccccc1. The van der Waals surface area contributed by atoms with Crippen LogP contribution in [0.25, 0.3) is 11.1 Å². The first-order valence-corrected chi connectivity index (χ1v) is 9.46. The molecule has 0 radical (unpaired) electrons. The maximum Gasteiger partial charge on any atom is 0.154 e. The Morgan fingerprint density at radius 1 is 0.760 bits per heavy atom. The zero-order valence-corrected chi connectivity index (χ0v) is 15.1. The van der Waals surface area contributed by atoms with Crippen molar-refractivity contribution in [2.24, 2.45) is 5.10 Å². The Morgan fingerprint density at radius 3 is 1.88 bits per heavy atom. The Bertz CT molecular complexity index is 901. The minimum atomic E-state index is 0.679. The van der Waals surface area contributed by atoms with Crippen LogP contribution in [0.4, 0.5) is 0 Å². The molecule has 1 N–H and O–H groups in total. The molecule has 4 rings (SSSR count). The van der Waals surface area contributed by atoms with Gasteiger partial charge >= 0.3 is 0 Å². The van der Waals surface area contributed by atoms with Gasteiger partial charge in [0.15, 0.2) is 4.32 Å². The molecule has 0 aromatic heterocycles. The molecular formula is C21H16N2S2. The normalized spacial score (nSPS) is 11.6. The Morgan fingerprint density at radius 2 is 1.28 bits per heavy atom. The van der Waals surface area contributed by atoms with Gasteiger partial charge in [-0.25, -0.2) is 0 Å². The molecule has 0 atom stereocenters. The molecule has 0 bridgehead atoms. The summed E-state index contributed by atoms with van der Waals surface area (Å²) in [5.74, 6) is 0.838. The molecule has 1 aliphatic carbocycles. The molecule has 4 heteroatoms. The number of hydrogen-bond acceptors (Lipinski definition) is 3. The van der Waals surface area contributed by atoms with Gasteiger partial charge in [-0.1, -0.05) is 103 Å². The minimum absolute atomic E-state index is 0.679. The van der Waals surface area contributed by atoms with Crippen LogP contribution in [0.3, 0.4) is 0 Å². The second kappa shape index (κ2) is 7.21. The number of benzene rings is 3. The zero-order valence-electron chi connectivity index (χ0n) is 13.5. The van der Waals surface area contributed by atoms with Gasteiger partial charge in [0.05, 0.1) is 5.71 Å². The molecule has 0 saturated heterocycles. The average molecular weight is 361 g/mol. The van der Waals surface area contributed by atoms with E-state index in [1.54, 1.807) is 11.8 Å². The first-order chi connectivity index (χ1) is 12.3. The van der Waals surface area contributed by atoms with Gasteiger partial charge in [-0.05, 0) is 16.7 Å². The first kappa shape index (κ1) is 16.1. The number of hydrogen-bond donors (Lipinski definition) is 1. The van der Waals surface area contributed by atoms with Crippen LogP contribution >= 0.6 is 24.0 Å². The van der Waals surface area contributed by atoms with E-state index in [9.17, 15) is 0 Å². The summed E-state index contributed by atoms with van der Waals surface area (Å²) in [6.07, 6.45) is 0. The van der Waals surface area contributed by atoms with Crippen LogP contribution in [0.5, 0.6) is 0 Å². The third-order valence-corrected chi connectivity index (χ3v) is 5.40. The molecule has 0 unspecified atom stereocenters. The van der Waals surface area contributed by atoms with E-state index in [-0.39, 0.29) is 0 Å². The molecule has 0 spiro atoms. The Balaban J connectivity index is 1.52. The van der Waals surface area contributed by atoms with Crippen molar-refractivity contribution in [2.45, 2.75) is 5.75 Å². The zero-order chi connectivity index (χ0) is 17.1. The summed E-state index contributed by atoms with van der Waals surface area (Å²) in [4.78, 5) is 0. The third-order valence-electron chi connectivity index (χ3n) is 4.13. The van der Waals surface area contributed by atoms with Gasteiger partial charge in [-0.2, -0.15) is 5.10 Å². The summed E-state index contributed by atoms with van der Waals surface area (Å²) in [7, 11) is 0. The van der Waals surface area contributed by atoms with E-state index in [1.165, 1.54) is 16.7 Å². The molecule has 0 saturated carbocycles. The summed E-state index contributed by atoms with van der Waals surface area (Å²) >= 11 is 7.02. The second-order valence-electron chi connectivity index (χ2n) is 5.73. The largest absolute Gasteiger partial charge is 0.262 e. The average Bonchev–Trinajstić information content (AvgIpc) is 2.99. The van der Waals surface area contributed by atoms with Crippen molar-refractivity contribution in [3.63, 3.8) is 0 Å². The second-order valence-corrected chi connectivity index (χ2v) is 7.38. The lowest BCUT2D eigenvalue weighted by molar-refractivity contribution is 1.06. The minimum Gasteiger partial charge on any atom is -0.262 e. The smallest absolute Gasteiger partial charge is 0.154 e. The number of hydrazone groups is 1. The van der Waals surface area contributed by atoms with Crippen molar-refractivity contribution in [2.75, 3.05) is 0 Å². The lowest BCUT2D eigenvalue weighted by atomic mass is 10.1. The summed E-state index contributed by atoms with van der Waals surface area (Å²) in [5.41, 5.74) is 10.0. The van der Waals surface area contributed by atoms with Crippen LogP contribution in [-0.2, 0) is 5.75 Å². The van der Waals surface area contributed by atoms with Crippen LogP contribution in [-0.4, -0.2) is 10.0 Å². The van der Waals surface area contributed by atoms with Crippen molar-refractivity contribution in [3.8, 4) is 11.1 Å². The van der Waals surface area contributed by atoms with Crippen molar-refractivity contribution >= 4 is 34.0 Å². The lowest BCUT2D eigenvalue weighted by Crippen LogP contribution is -2.15. The predicted molar refractivity (Wildman–Crippen MR) is 111 cm³/mol. The molecule has 3 aromatic carbocycles. The molecular weight excluding hydrogens is 344 g/mol. The Kier molecular flexibility index (Phi) is 4.63. The molecule has 0 fully saturated rings. The summed E-state index contributed by atoms with van der Waals surface area (Å²) < 4.78 is 0.679. The van der Waals surface area contributed by atoms with E-state index in [0.29, 0.717) is 4.32 Å². The van der Waals surface area contributed by atoms with Gasteiger partial charge in [-0.3, -0.25) is 5.43 Å². The first-order valence-electron chi connectivity index (χ1n) is 8.06. The number of rotatable bonds is 3. The summed E-state index contributed by atoms with van der Waals surface area (Å²) in [6, 6.07) is 27.0. The fraction of sp³-hybridized carbons (Fsp3) is 0.0476. The topological polar surface area (TPSA) is 24.4 Å². The highest BCUT2D eigenvalue weighted by Gasteiger charge is 2.23. The van der Waals surface area contributed by atoms with Crippen molar-refractivity contribution < 1.29 is 0 Å². The molecule has 122 valence electrons. The van der Waals surface area contributed by atoms with Crippen molar-refractivity contribution in [1.82, 2.24) is 5.43 Å². The maximum atomic E-state index is 5.43. The van der Waals surface area contributed by atoms with E-state index in [2.05, 4.69) is 59.1 Å². The fourth-order valence-electron chi connectivity index (χ4n) is 2.97. The van der Waals surface area contributed by atoms with E-state index in [0.717, 1.165) is 22.6 Å². The lowest BCUT2D eigenvalue weighted by Gasteiger charge is -2.05. The third kappa shape index (κ3) is 3.36.